The van der Waals surface area contributed by atoms with Crippen LogP contribution in [0.5, 0.6) is 0 Å². The maximum Gasteiger partial charge on any atom is 0.322 e. The molecule has 0 saturated carbocycles. The number of amides is 2. The van der Waals surface area contributed by atoms with Crippen LogP contribution in [0.25, 0.3) is 0 Å². The molecule has 0 spiro atoms. The number of benzene rings is 2. The van der Waals surface area contributed by atoms with E-state index in [1.54, 1.807) is 4.90 Å². The number of hydrogen-bond acceptors (Lipinski definition) is 3. The van der Waals surface area contributed by atoms with Gasteiger partial charge in [-0.25, -0.2) is 9.18 Å². The lowest BCUT2D eigenvalue weighted by atomic mass is 10.1. The second kappa shape index (κ2) is 8.85. The smallest absolute Gasteiger partial charge is 0.314 e. The van der Waals surface area contributed by atoms with Crippen molar-refractivity contribution in [1.29, 1.82) is 0 Å². The molecule has 1 N–H and O–H groups in total. The number of carbonyl (C=O) groups is 1. The predicted octanol–water partition coefficient (Wildman–Crippen LogP) is 6.01. The van der Waals surface area contributed by atoms with Gasteiger partial charge in [-0.15, -0.1) is 10.2 Å². The van der Waals surface area contributed by atoms with E-state index in [1.807, 2.05) is 35.8 Å². The highest BCUT2D eigenvalue weighted by atomic mass is 35.5. The summed E-state index contributed by atoms with van der Waals surface area (Å²) in [6, 6.07) is 11.1. The number of nitrogens with zero attached hydrogens (tertiary/aromatic N) is 4. The van der Waals surface area contributed by atoms with Crippen LogP contribution in [-0.4, -0.2) is 32.2 Å². The van der Waals surface area contributed by atoms with Gasteiger partial charge in [0, 0.05) is 16.6 Å². The molecule has 1 saturated heterocycles. The fourth-order valence-electron chi connectivity index (χ4n) is 4.04. The summed E-state index contributed by atoms with van der Waals surface area (Å²) in [5.41, 5.74) is 1.15. The molecule has 2 heterocycles. The van der Waals surface area contributed by atoms with Crippen LogP contribution in [0.1, 0.15) is 49.1 Å². The van der Waals surface area contributed by atoms with E-state index >= 15 is 0 Å². The van der Waals surface area contributed by atoms with E-state index in [0.29, 0.717) is 17.4 Å². The third-order valence-corrected chi connectivity index (χ3v) is 6.10. The van der Waals surface area contributed by atoms with Gasteiger partial charge in [0.1, 0.15) is 11.6 Å². The summed E-state index contributed by atoms with van der Waals surface area (Å²) in [7, 11) is 0. The van der Waals surface area contributed by atoms with Crippen LogP contribution < -0.4 is 5.32 Å². The molecule has 9 heteroatoms. The lowest BCUT2D eigenvalue weighted by Gasteiger charge is -2.27. The molecule has 0 radical (unpaired) electrons. The Balaban J connectivity index is 1.60. The van der Waals surface area contributed by atoms with Gasteiger partial charge in [-0.1, -0.05) is 35.3 Å². The van der Waals surface area contributed by atoms with Gasteiger partial charge in [-0.05, 0) is 62.6 Å². The van der Waals surface area contributed by atoms with Crippen molar-refractivity contribution in [3.8, 4) is 0 Å². The maximum absolute atomic E-state index is 14.2. The van der Waals surface area contributed by atoms with Gasteiger partial charge in [-0.3, -0.25) is 0 Å². The monoisotopic (exact) mass is 461 g/mol. The highest BCUT2D eigenvalue weighted by Gasteiger charge is 2.35. The molecule has 3 aromatic rings. The van der Waals surface area contributed by atoms with Crippen LogP contribution in [-0.2, 0) is 0 Å². The van der Waals surface area contributed by atoms with E-state index < -0.39 is 5.82 Å². The number of rotatable bonds is 4. The SMILES string of the molecule is Cc1nnc([C@H]2CCCN2C(=O)Nc2ccc(Cl)cc2F)n1[C@H](C)c1ccc(Cl)cc1. The van der Waals surface area contributed by atoms with Crippen molar-refractivity contribution in [3.05, 3.63) is 75.5 Å². The van der Waals surface area contributed by atoms with E-state index in [-0.39, 0.29) is 28.8 Å². The molecule has 162 valence electrons. The molecule has 1 aromatic heterocycles. The number of carbonyl (C=O) groups excluding carboxylic acids is 1. The Morgan fingerprint density at radius 3 is 2.58 bits per heavy atom. The topological polar surface area (TPSA) is 63.1 Å². The number of aryl methyl sites for hydroxylation is 1. The van der Waals surface area contributed by atoms with Crippen molar-refractivity contribution in [3.63, 3.8) is 0 Å². The molecule has 6 nitrogen and oxygen atoms in total. The van der Waals surface area contributed by atoms with Crippen molar-refractivity contribution in [1.82, 2.24) is 19.7 Å². The molecular formula is C22H22Cl2FN5O. The largest absolute Gasteiger partial charge is 0.322 e. The second-order valence-corrected chi connectivity index (χ2v) is 8.48. The third-order valence-electron chi connectivity index (χ3n) is 5.62. The number of urea groups is 1. The zero-order valence-electron chi connectivity index (χ0n) is 17.1. The maximum atomic E-state index is 14.2. The Labute approximate surface area is 190 Å². The Morgan fingerprint density at radius 1 is 1.16 bits per heavy atom. The first-order valence-corrected chi connectivity index (χ1v) is 10.8. The first-order chi connectivity index (χ1) is 14.8. The number of nitrogens with one attached hydrogen (secondary N) is 1. The van der Waals surface area contributed by atoms with Crippen LogP contribution in [0.4, 0.5) is 14.9 Å². The summed E-state index contributed by atoms with van der Waals surface area (Å²) >= 11 is 11.8. The zero-order chi connectivity index (χ0) is 22.1. The van der Waals surface area contributed by atoms with Crippen molar-refractivity contribution >= 4 is 34.9 Å². The summed E-state index contributed by atoms with van der Waals surface area (Å²) in [5, 5.41) is 12.3. The minimum atomic E-state index is -0.577. The molecule has 4 rings (SSSR count). The van der Waals surface area contributed by atoms with Crippen LogP contribution in [0, 0.1) is 12.7 Å². The average molecular weight is 462 g/mol. The zero-order valence-corrected chi connectivity index (χ0v) is 18.7. The molecule has 2 amide bonds. The number of likely N-dealkylation sites (tertiary alicyclic amines) is 1. The third kappa shape index (κ3) is 4.38. The number of halogens is 3. The standard InChI is InChI=1S/C22H22Cl2FN5O/c1-13(15-5-7-16(23)8-6-15)30-14(2)27-28-21(30)20-4-3-11-29(20)22(31)26-19-10-9-17(24)12-18(19)25/h5-10,12-13,20H,3-4,11H2,1-2H3,(H,26,31)/t13-,20-/m1/s1. The number of hydrogen-bond donors (Lipinski definition) is 1. The molecule has 1 fully saturated rings. The van der Waals surface area contributed by atoms with Gasteiger partial charge in [0.05, 0.1) is 17.8 Å². The highest BCUT2D eigenvalue weighted by molar-refractivity contribution is 6.30. The van der Waals surface area contributed by atoms with Crippen molar-refractivity contribution in [2.45, 2.75) is 38.8 Å². The van der Waals surface area contributed by atoms with E-state index in [9.17, 15) is 9.18 Å². The van der Waals surface area contributed by atoms with Crippen LogP contribution >= 0.6 is 23.2 Å². The van der Waals surface area contributed by atoms with Crippen LogP contribution in [0.15, 0.2) is 42.5 Å². The van der Waals surface area contributed by atoms with Crippen LogP contribution in [0.2, 0.25) is 10.0 Å². The first-order valence-electron chi connectivity index (χ1n) is 10.0. The van der Waals surface area contributed by atoms with E-state index in [2.05, 4.69) is 22.4 Å². The van der Waals surface area contributed by atoms with Gasteiger partial charge in [0.25, 0.3) is 0 Å². The quantitative estimate of drug-likeness (QED) is 0.517. The fourth-order valence-corrected chi connectivity index (χ4v) is 4.32. The Bertz CT molecular complexity index is 1100. The van der Waals surface area contributed by atoms with Crippen LogP contribution in [0.3, 0.4) is 0 Å². The van der Waals surface area contributed by atoms with Gasteiger partial charge >= 0.3 is 6.03 Å². The summed E-state index contributed by atoms with van der Waals surface area (Å²) in [6.45, 7) is 4.50. The highest BCUT2D eigenvalue weighted by Crippen LogP contribution is 2.34. The Kier molecular flexibility index (Phi) is 6.16. The van der Waals surface area contributed by atoms with Gasteiger partial charge in [-0.2, -0.15) is 0 Å². The number of anilines is 1. The van der Waals surface area contributed by atoms with Gasteiger partial charge in [0.2, 0.25) is 0 Å². The minimum absolute atomic E-state index is 0.0403. The lowest BCUT2D eigenvalue weighted by Crippen LogP contribution is -2.36. The summed E-state index contributed by atoms with van der Waals surface area (Å²) in [6.07, 6.45) is 1.57. The molecule has 0 bridgehead atoms. The van der Waals surface area contributed by atoms with E-state index in [4.69, 9.17) is 23.2 Å². The number of aromatic nitrogens is 3. The second-order valence-electron chi connectivity index (χ2n) is 7.61. The molecule has 1 aliphatic heterocycles. The van der Waals surface area contributed by atoms with E-state index in [1.165, 1.54) is 18.2 Å². The summed E-state index contributed by atoms with van der Waals surface area (Å²) < 4.78 is 16.2. The normalized spacial score (nSPS) is 17.1. The molecule has 0 aliphatic carbocycles. The molecule has 31 heavy (non-hydrogen) atoms. The van der Waals surface area contributed by atoms with Gasteiger partial charge in [0.15, 0.2) is 5.82 Å². The van der Waals surface area contributed by atoms with Crippen molar-refractivity contribution in [2.75, 3.05) is 11.9 Å². The lowest BCUT2D eigenvalue weighted by molar-refractivity contribution is 0.203. The molecule has 2 aromatic carbocycles. The molecular weight excluding hydrogens is 440 g/mol. The fraction of sp³-hybridized carbons (Fsp3) is 0.318. The Hall–Kier alpha value is -2.64. The van der Waals surface area contributed by atoms with E-state index in [0.717, 1.165) is 24.2 Å². The van der Waals surface area contributed by atoms with Crippen molar-refractivity contribution < 1.29 is 9.18 Å². The molecule has 0 unspecified atom stereocenters. The minimum Gasteiger partial charge on any atom is -0.314 e. The average Bonchev–Trinajstić information content (AvgIpc) is 3.36. The molecule has 2 atom stereocenters. The molecule has 1 aliphatic rings. The van der Waals surface area contributed by atoms with Crippen molar-refractivity contribution in [2.24, 2.45) is 0 Å². The Morgan fingerprint density at radius 2 is 1.87 bits per heavy atom. The first kappa shape index (κ1) is 21.6. The summed E-state index contributed by atoms with van der Waals surface area (Å²) in [4.78, 5) is 14.7. The predicted molar refractivity (Wildman–Crippen MR) is 119 cm³/mol. The summed E-state index contributed by atoms with van der Waals surface area (Å²) in [5.74, 6) is 0.893. The van der Waals surface area contributed by atoms with Gasteiger partial charge < -0.3 is 14.8 Å².